The molecule has 0 radical (unpaired) electrons. The summed E-state index contributed by atoms with van der Waals surface area (Å²) in [7, 11) is 0. The molecule has 1 aromatic rings. The van der Waals surface area contributed by atoms with Crippen molar-refractivity contribution in [3.8, 4) is 0 Å². The molecule has 0 aliphatic carbocycles. The molecule has 0 fully saturated rings. The summed E-state index contributed by atoms with van der Waals surface area (Å²) >= 11 is 0. The van der Waals surface area contributed by atoms with Crippen molar-refractivity contribution in [2.24, 2.45) is 0 Å². The SMILES string of the molecule is Cc1cc(C)cc(NCCC(=O)NC(C)(C)C)c1. The predicted molar refractivity (Wildman–Crippen MR) is 76.9 cm³/mol. The van der Waals surface area contributed by atoms with Crippen LogP contribution >= 0.6 is 0 Å². The van der Waals surface area contributed by atoms with Crippen LogP contribution in [0.25, 0.3) is 0 Å². The number of aryl methyl sites for hydroxylation is 2. The molecule has 100 valence electrons. The van der Waals surface area contributed by atoms with E-state index in [1.807, 2.05) is 20.8 Å². The van der Waals surface area contributed by atoms with E-state index in [-0.39, 0.29) is 11.4 Å². The third-order valence-electron chi connectivity index (χ3n) is 2.42. The molecule has 0 aliphatic rings. The summed E-state index contributed by atoms with van der Waals surface area (Å²) in [6.45, 7) is 10.8. The fourth-order valence-corrected chi connectivity index (χ4v) is 1.88. The first-order valence-corrected chi connectivity index (χ1v) is 6.39. The molecule has 1 aromatic carbocycles. The first-order chi connectivity index (χ1) is 8.26. The van der Waals surface area contributed by atoms with E-state index in [4.69, 9.17) is 0 Å². The van der Waals surface area contributed by atoms with Crippen molar-refractivity contribution in [2.45, 2.75) is 46.6 Å². The van der Waals surface area contributed by atoms with Crippen molar-refractivity contribution < 1.29 is 4.79 Å². The second kappa shape index (κ2) is 5.89. The van der Waals surface area contributed by atoms with Gasteiger partial charge >= 0.3 is 0 Å². The minimum absolute atomic E-state index is 0.0828. The highest BCUT2D eigenvalue weighted by Crippen LogP contribution is 2.13. The third-order valence-corrected chi connectivity index (χ3v) is 2.42. The van der Waals surface area contributed by atoms with Crippen LogP contribution in [0.15, 0.2) is 18.2 Å². The summed E-state index contributed by atoms with van der Waals surface area (Å²) in [5, 5.41) is 6.23. The van der Waals surface area contributed by atoms with Gasteiger partial charge in [0.1, 0.15) is 0 Å². The van der Waals surface area contributed by atoms with Crippen molar-refractivity contribution in [2.75, 3.05) is 11.9 Å². The smallest absolute Gasteiger partial charge is 0.222 e. The van der Waals surface area contributed by atoms with Gasteiger partial charge in [0.05, 0.1) is 0 Å². The summed E-state index contributed by atoms with van der Waals surface area (Å²) in [6, 6.07) is 6.32. The van der Waals surface area contributed by atoms with E-state index < -0.39 is 0 Å². The van der Waals surface area contributed by atoms with E-state index in [9.17, 15) is 4.79 Å². The number of benzene rings is 1. The third kappa shape index (κ3) is 5.71. The lowest BCUT2D eigenvalue weighted by atomic mass is 10.1. The number of anilines is 1. The number of carbonyl (C=O) groups is 1. The molecule has 0 saturated carbocycles. The Labute approximate surface area is 110 Å². The maximum Gasteiger partial charge on any atom is 0.222 e. The van der Waals surface area contributed by atoms with Crippen LogP contribution in [0.1, 0.15) is 38.3 Å². The molecule has 0 unspecified atom stereocenters. The summed E-state index contributed by atoms with van der Waals surface area (Å²) in [5.74, 6) is 0.0828. The van der Waals surface area contributed by atoms with Crippen molar-refractivity contribution >= 4 is 11.6 Å². The topological polar surface area (TPSA) is 41.1 Å². The highest BCUT2D eigenvalue weighted by atomic mass is 16.1. The summed E-state index contributed by atoms with van der Waals surface area (Å²) in [4.78, 5) is 11.6. The number of nitrogens with one attached hydrogen (secondary N) is 2. The van der Waals surface area contributed by atoms with Crippen LogP contribution in [-0.4, -0.2) is 18.0 Å². The lowest BCUT2D eigenvalue weighted by molar-refractivity contribution is -0.122. The van der Waals surface area contributed by atoms with E-state index in [1.165, 1.54) is 11.1 Å². The van der Waals surface area contributed by atoms with Gasteiger partial charge in [0.2, 0.25) is 5.91 Å². The Kier molecular flexibility index (Phi) is 4.76. The lowest BCUT2D eigenvalue weighted by Crippen LogP contribution is -2.41. The standard InChI is InChI=1S/C15H24N2O/c1-11-8-12(2)10-13(9-11)16-7-6-14(18)17-15(3,4)5/h8-10,16H,6-7H2,1-5H3,(H,17,18). The van der Waals surface area contributed by atoms with Crippen LogP contribution in [0.5, 0.6) is 0 Å². The van der Waals surface area contributed by atoms with Gasteiger partial charge in [-0.25, -0.2) is 0 Å². The van der Waals surface area contributed by atoms with Crippen LogP contribution in [0.2, 0.25) is 0 Å². The van der Waals surface area contributed by atoms with Gasteiger partial charge in [-0.1, -0.05) is 6.07 Å². The monoisotopic (exact) mass is 248 g/mol. The Morgan fingerprint density at radius 3 is 2.17 bits per heavy atom. The van der Waals surface area contributed by atoms with E-state index >= 15 is 0 Å². The minimum Gasteiger partial charge on any atom is -0.385 e. The van der Waals surface area contributed by atoms with Gasteiger partial charge in [-0.3, -0.25) is 4.79 Å². The maximum absolute atomic E-state index is 11.6. The van der Waals surface area contributed by atoms with Crippen LogP contribution in [0, 0.1) is 13.8 Å². The summed E-state index contributed by atoms with van der Waals surface area (Å²) in [5.41, 5.74) is 3.39. The fourth-order valence-electron chi connectivity index (χ4n) is 1.88. The van der Waals surface area contributed by atoms with Gasteiger partial charge in [0.25, 0.3) is 0 Å². The maximum atomic E-state index is 11.6. The summed E-state index contributed by atoms with van der Waals surface area (Å²) in [6.07, 6.45) is 0.490. The fraction of sp³-hybridized carbons (Fsp3) is 0.533. The largest absolute Gasteiger partial charge is 0.385 e. The molecule has 3 nitrogen and oxygen atoms in total. The first kappa shape index (κ1) is 14.6. The first-order valence-electron chi connectivity index (χ1n) is 6.39. The second-order valence-electron chi connectivity index (χ2n) is 5.85. The molecule has 18 heavy (non-hydrogen) atoms. The minimum atomic E-state index is -0.156. The molecule has 0 atom stereocenters. The molecule has 2 N–H and O–H groups in total. The van der Waals surface area contributed by atoms with E-state index in [1.54, 1.807) is 0 Å². The van der Waals surface area contributed by atoms with Crippen molar-refractivity contribution in [1.82, 2.24) is 5.32 Å². The molecule has 0 bridgehead atoms. The Hall–Kier alpha value is -1.51. The molecule has 1 rings (SSSR count). The van der Waals surface area contributed by atoms with E-state index in [0.29, 0.717) is 13.0 Å². The number of carbonyl (C=O) groups excluding carboxylic acids is 1. The number of hydrogen-bond acceptors (Lipinski definition) is 2. The zero-order valence-electron chi connectivity index (χ0n) is 12.1. The molecule has 0 aromatic heterocycles. The van der Waals surface area contributed by atoms with Crippen molar-refractivity contribution in [1.29, 1.82) is 0 Å². The molecule has 0 heterocycles. The van der Waals surface area contributed by atoms with Crippen LogP contribution in [0.3, 0.4) is 0 Å². The van der Waals surface area contributed by atoms with Crippen LogP contribution < -0.4 is 10.6 Å². The van der Waals surface area contributed by atoms with Crippen molar-refractivity contribution in [3.63, 3.8) is 0 Å². The molecule has 0 spiro atoms. The predicted octanol–water partition coefficient (Wildman–Crippen LogP) is 3.02. The highest BCUT2D eigenvalue weighted by molar-refractivity contribution is 5.77. The normalized spacial score (nSPS) is 11.2. The molecule has 3 heteroatoms. The Balaban J connectivity index is 2.40. The highest BCUT2D eigenvalue weighted by Gasteiger charge is 2.12. The molecular weight excluding hydrogens is 224 g/mol. The van der Waals surface area contributed by atoms with Gasteiger partial charge in [-0.05, 0) is 57.9 Å². The zero-order valence-corrected chi connectivity index (χ0v) is 12.1. The Bertz CT molecular complexity index is 399. The van der Waals surface area contributed by atoms with Crippen LogP contribution in [-0.2, 0) is 4.79 Å². The molecule has 0 aliphatic heterocycles. The van der Waals surface area contributed by atoms with Gasteiger partial charge in [-0.15, -0.1) is 0 Å². The number of hydrogen-bond donors (Lipinski definition) is 2. The Morgan fingerprint density at radius 1 is 1.11 bits per heavy atom. The van der Waals surface area contributed by atoms with Gasteiger partial charge in [0.15, 0.2) is 0 Å². The Morgan fingerprint density at radius 2 is 1.67 bits per heavy atom. The molecule has 1 amide bonds. The quantitative estimate of drug-likeness (QED) is 0.860. The lowest BCUT2D eigenvalue weighted by Gasteiger charge is -2.20. The van der Waals surface area contributed by atoms with Crippen LogP contribution in [0.4, 0.5) is 5.69 Å². The summed E-state index contributed by atoms with van der Waals surface area (Å²) < 4.78 is 0. The molecule has 0 saturated heterocycles. The second-order valence-corrected chi connectivity index (χ2v) is 5.85. The van der Waals surface area contributed by atoms with Gasteiger partial charge < -0.3 is 10.6 Å². The van der Waals surface area contributed by atoms with Gasteiger partial charge in [-0.2, -0.15) is 0 Å². The average Bonchev–Trinajstić information content (AvgIpc) is 2.12. The number of amides is 1. The molecular formula is C15H24N2O. The van der Waals surface area contributed by atoms with E-state index in [2.05, 4.69) is 42.7 Å². The van der Waals surface area contributed by atoms with Gasteiger partial charge in [0, 0.05) is 24.2 Å². The van der Waals surface area contributed by atoms with Crippen molar-refractivity contribution in [3.05, 3.63) is 29.3 Å². The number of rotatable bonds is 4. The zero-order chi connectivity index (χ0) is 13.8. The van der Waals surface area contributed by atoms with E-state index in [0.717, 1.165) is 5.69 Å². The average molecular weight is 248 g/mol.